The molecule has 174 valence electrons. The van der Waals surface area contributed by atoms with Gasteiger partial charge in [-0.3, -0.25) is 18.7 Å². The van der Waals surface area contributed by atoms with Crippen LogP contribution in [0.5, 0.6) is 0 Å². The summed E-state index contributed by atoms with van der Waals surface area (Å²) in [7, 11) is -8.59. The van der Waals surface area contributed by atoms with Crippen molar-refractivity contribution in [3.05, 3.63) is 0 Å². The Bertz CT molecular complexity index is 561. The third-order valence-electron chi connectivity index (χ3n) is 2.24. The van der Waals surface area contributed by atoms with E-state index in [9.17, 15) is 18.7 Å². The largest absolute Gasteiger partial charge is 0.452 e. The molecule has 14 nitrogen and oxygen atoms in total. The molecule has 0 rings (SSSR count). The van der Waals surface area contributed by atoms with Crippen molar-refractivity contribution in [1.29, 1.82) is 0 Å². The van der Waals surface area contributed by atoms with Gasteiger partial charge in [0.2, 0.25) is 0 Å². The number of esters is 2. The van der Waals surface area contributed by atoms with Gasteiger partial charge in [-0.05, 0) is 24.3 Å². The normalized spacial score (nSPS) is 12.8. The fraction of sp³-hybridized carbons (Fsp3) is 0.800. The molecule has 0 aromatic heterocycles. The van der Waals surface area contributed by atoms with Crippen LogP contribution in [0, 0.1) is 0 Å². The first-order chi connectivity index (χ1) is 13.1. The highest BCUT2D eigenvalue weighted by molar-refractivity contribution is 7.80. The van der Waals surface area contributed by atoms with Crippen molar-refractivity contribution in [3.63, 3.8) is 0 Å². The Morgan fingerprint density at radius 3 is 1.24 bits per heavy atom. The molecule has 0 aromatic carbocycles. The molecular formula is C10H24N2O12P2S3. The van der Waals surface area contributed by atoms with Gasteiger partial charge in [-0.25, -0.2) is 0 Å². The monoisotopic (exact) mass is 522 g/mol. The first kappa shape index (κ1) is 33.3. The standard InChI is InChI=1S/2C5H12NO5PS.O2S/c2*6-4(1-2-13)5(7)11-3-12(8,9)10;1-3-2/h2*4,13H,1-3,6H2,(H2,8,9,10);/t2*4-;/m00./s1. The molecule has 0 unspecified atom stereocenters. The van der Waals surface area contributed by atoms with E-state index in [1.54, 1.807) is 0 Å². The number of carbonyl (C=O) groups excluding carboxylic acids is 2. The van der Waals surface area contributed by atoms with Crippen molar-refractivity contribution in [2.24, 2.45) is 11.5 Å². The minimum absolute atomic E-state index is 0.309. The lowest BCUT2D eigenvalue weighted by molar-refractivity contribution is -0.144. The van der Waals surface area contributed by atoms with Crippen LogP contribution in [0.15, 0.2) is 0 Å². The summed E-state index contributed by atoms with van der Waals surface area (Å²) in [4.78, 5) is 55.1. The van der Waals surface area contributed by atoms with E-state index in [1.807, 2.05) is 0 Å². The van der Waals surface area contributed by atoms with Crippen molar-refractivity contribution in [1.82, 2.24) is 0 Å². The third-order valence-corrected chi connectivity index (χ3v) is 3.68. The molecule has 0 aromatic rings. The van der Waals surface area contributed by atoms with Gasteiger partial charge in [-0.15, -0.1) is 0 Å². The molecule has 0 aliphatic heterocycles. The van der Waals surface area contributed by atoms with Gasteiger partial charge in [-0.1, -0.05) is 0 Å². The van der Waals surface area contributed by atoms with Gasteiger partial charge in [0.25, 0.3) is 0 Å². The van der Waals surface area contributed by atoms with Gasteiger partial charge in [0.05, 0.1) is 0 Å². The lowest BCUT2D eigenvalue weighted by Crippen LogP contribution is -2.32. The van der Waals surface area contributed by atoms with Crippen LogP contribution in [0.2, 0.25) is 0 Å². The molecule has 8 N–H and O–H groups in total. The zero-order chi connectivity index (χ0) is 23.7. The van der Waals surface area contributed by atoms with Crippen LogP contribution in [-0.4, -0.2) is 76.2 Å². The molecule has 0 radical (unpaired) electrons. The minimum Gasteiger partial charge on any atom is -0.452 e. The van der Waals surface area contributed by atoms with Gasteiger partial charge in [0.15, 0.2) is 12.7 Å². The van der Waals surface area contributed by atoms with Crippen LogP contribution in [0.3, 0.4) is 0 Å². The number of rotatable bonds is 10. The zero-order valence-electron chi connectivity index (χ0n) is 14.8. The van der Waals surface area contributed by atoms with Gasteiger partial charge < -0.3 is 40.5 Å². The summed E-state index contributed by atoms with van der Waals surface area (Å²) in [5, 5.41) is 0. The van der Waals surface area contributed by atoms with E-state index in [0.29, 0.717) is 24.3 Å². The first-order valence-corrected chi connectivity index (χ1v) is 12.7. The average Bonchev–Trinajstić information content (AvgIpc) is 2.58. The predicted octanol–water partition coefficient (Wildman–Crippen LogP) is -2.05. The Labute approximate surface area is 180 Å². The van der Waals surface area contributed by atoms with Crippen LogP contribution >= 0.6 is 40.4 Å². The number of carbonyl (C=O) groups is 2. The maximum atomic E-state index is 10.9. The summed E-state index contributed by atoms with van der Waals surface area (Å²) in [6, 6.07) is -1.74. The molecule has 0 aliphatic carbocycles. The Balaban J connectivity index is -0.000000410. The van der Waals surface area contributed by atoms with Crippen LogP contribution in [0.4, 0.5) is 0 Å². The predicted molar refractivity (Wildman–Crippen MR) is 108 cm³/mol. The van der Waals surface area contributed by atoms with Gasteiger partial charge in [-0.2, -0.15) is 33.7 Å². The number of nitrogens with two attached hydrogens (primary N) is 2. The second-order valence-electron chi connectivity index (χ2n) is 4.82. The summed E-state index contributed by atoms with van der Waals surface area (Å²) in [6.45, 7) is 0. The SMILES string of the molecule is N[C@@H](CCS)C(=O)OCP(=O)(O)O.N[C@@H](CCS)C(=O)OCP(=O)(O)O.O=S=O. The summed E-state index contributed by atoms with van der Waals surface area (Å²) >= 11 is 6.93. The summed E-state index contributed by atoms with van der Waals surface area (Å²) in [5.74, 6) is -0.826. The molecule has 0 spiro atoms. The lowest BCUT2D eigenvalue weighted by Gasteiger charge is -2.10. The van der Waals surface area contributed by atoms with Crippen LogP contribution in [0.25, 0.3) is 0 Å². The molecule has 0 saturated carbocycles. The van der Waals surface area contributed by atoms with Crippen molar-refractivity contribution < 1.29 is 56.2 Å². The first-order valence-electron chi connectivity index (χ1n) is 7.22. The molecule has 0 bridgehead atoms. The smallest absolute Gasteiger partial charge is 0.362 e. The van der Waals surface area contributed by atoms with E-state index in [-0.39, 0.29) is 0 Å². The topological polar surface area (TPSA) is 254 Å². The molecule has 0 heterocycles. The van der Waals surface area contributed by atoms with Crippen molar-refractivity contribution in [2.45, 2.75) is 24.9 Å². The summed E-state index contributed by atoms with van der Waals surface area (Å²) < 4.78 is 45.7. The molecular weight excluding hydrogens is 498 g/mol. The Morgan fingerprint density at radius 2 is 1.07 bits per heavy atom. The van der Waals surface area contributed by atoms with E-state index >= 15 is 0 Å². The third kappa shape index (κ3) is 27.7. The lowest BCUT2D eigenvalue weighted by atomic mass is 10.2. The Hall–Kier alpha value is -0.320. The molecule has 19 heteroatoms. The van der Waals surface area contributed by atoms with Crippen LogP contribution in [-0.2, 0) is 39.8 Å². The highest BCUT2D eigenvalue weighted by Gasteiger charge is 2.21. The van der Waals surface area contributed by atoms with Gasteiger partial charge in [0.1, 0.15) is 12.1 Å². The van der Waals surface area contributed by atoms with E-state index < -0.39 is 63.5 Å². The molecule has 0 fully saturated rings. The second-order valence-corrected chi connectivity index (χ2v) is 9.03. The Kier molecular flexibility index (Phi) is 21.2. The van der Waals surface area contributed by atoms with Gasteiger partial charge >= 0.3 is 38.7 Å². The fourth-order valence-electron chi connectivity index (χ4n) is 1.02. The maximum Gasteiger partial charge on any atom is 0.362 e. The highest BCUT2D eigenvalue weighted by Crippen LogP contribution is 2.34. The highest BCUT2D eigenvalue weighted by atomic mass is 32.1. The molecule has 2 atom stereocenters. The van der Waals surface area contributed by atoms with Crippen LogP contribution in [0.1, 0.15) is 12.8 Å². The number of hydrogen-bond acceptors (Lipinski definition) is 12. The molecule has 0 amide bonds. The second kappa shape index (κ2) is 18.4. The number of hydrogen-bond donors (Lipinski definition) is 8. The zero-order valence-corrected chi connectivity index (χ0v) is 19.2. The molecule has 0 aliphatic rings. The van der Waals surface area contributed by atoms with E-state index in [0.717, 1.165) is 0 Å². The van der Waals surface area contributed by atoms with E-state index in [1.165, 1.54) is 0 Å². The number of thiol groups is 2. The summed E-state index contributed by atoms with van der Waals surface area (Å²) in [6.07, 6.45) is -1.23. The quantitative estimate of drug-likeness (QED) is 0.0873. The van der Waals surface area contributed by atoms with Gasteiger partial charge in [0, 0.05) is 0 Å². The van der Waals surface area contributed by atoms with E-state index in [2.05, 4.69) is 34.7 Å². The molecule has 0 saturated heterocycles. The van der Waals surface area contributed by atoms with Crippen molar-refractivity contribution >= 4 is 64.0 Å². The molecule has 29 heavy (non-hydrogen) atoms. The van der Waals surface area contributed by atoms with Crippen molar-refractivity contribution in [2.75, 3.05) is 24.2 Å². The number of ether oxygens (including phenoxy) is 2. The van der Waals surface area contributed by atoms with E-state index in [4.69, 9.17) is 39.5 Å². The maximum absolute atomic E-state index is 10.9. The summed E-state index contributed by atoms with van der Waals surface area (Å²) in [5.41, 5.74) is 10.6. The van der Waals surface area contributed by atoms with Crippen LogP contribution < -0.4 is 11.5 Å². The fourth-order valence-corrected chi connectivity index (χ4v) is 2.17. The Morgan fingerprint density at radius 1 is 0.828 bits per heavy atom. The average molecular weight is 522 g/mol. The minimum atomic E-state index is -4.30. The van der Waals surface area contributed by atoms with Crippen molar-refractivity contribution in [3.8, 4) is 0 Å².